The average molecular weight is 238 g/mol. The van der Waals surface area contributed by atoms with Gasteiger partial charge in [0.2, 0.25) is 0 Å². The van der Waals surface area contributed by atoms with Crippen LogP contribution in [-0.2, 0) is 14.4 Å². The predicted molar refractivity (Wildman–Crippen MR) is 60.1 cm³/mol. The third-order valence-electron chi connectivity index (χ3n) is 1.78. The van der Waals surface area contributed by atoms with Crippen molar-refractivity contribution in [1.29, 1.82) is 0 Å². The normalized spacial score (nSPS) is 9.47. The molecule has 0 fully saturated rings. The van der Waals surface area contributed by atoms with Crippen LogP contribution in [0.5, 0.6) is 5.75 Å². The Labute approximate surface area is 98.9 Å². The van der Waals surface area contributed by atoms with Crippen molar-refractivity contribution in [3.05, 3.63) is 30.3 Å². The van der Waals surface area contributed by atoms with Crippen LogP contribution in [0.2, 0.25) is 0 Å². The topological polar surface area (TPSA) is 76.7 Å². The highest BCUT2D eigenvalue weighted by Crippen LogP contribution is 2.07. The van der Waals surface area contributed by atoms with Crippen LogP contribution in [0.3, 0.4) is 0 Å². The summed E-state index contributed by atoms with van der Waals surface area (Å²) in [6.07, 6.45) is 0. The fraction of sp³-hybridized carbons (Fsp3) is 0.273. The highest BCUT2D eigenvalue weighted by molar-refractivity contribution is 5.84. The number of hydrogen-bond acceptors (Lipinski definition) is 4. The van der Waals surface area contributed by atoms with Gasteiger partial charge in [-0.2, -0.15) is 0 Å². The standard InChI is InChI=1S/C11H14N2O4/c1-16-13-10(14)7-12-11(15)8-17-9-5-3-2-4-6-9/h2-6H,7-8H2,1H3,(H,12,15)(H,13,14). The highest BCUT2D eigenvalue weighted by atomic mass is 16.6. The molecular weight excluding hydrogens is 224 g/mol. The molecule has 0 heterocycles. The molecule has 2 N–H and O–H groups in total. The van der Waals surface area contributed by atoms with Gasteiger partial charge in [0.15, 0.2) is 6.61 Å². The van der Waals surface area contributed by atoms with Crippen LogP contribution < -0.4 is 15.5 Å². The highest BCUT2D eigenvalue weighted by Gasteiger charge is 2.05. The van der Waals surface area contributed by atoms with Crippen LogP contribution in [0.15, 0.2) is 30.3 Å². The van der Waals surface area contributed by atoms with Gasteiger partial charge in [0.1, 0.15) is 5.75 Å². The molecule has 1 aromatic rings. The summed E-state index contributed by atoms with van der Waals surface area (Å²) in [5.74, 6) is -0.204. The van der Waals surface area contributed by atoms with Gasteiger partial charge in [-0.05, 0) is 12.1 Å². The fourth-order valence-corrected chi connectivity index (χ4v) is 1.05. The van der Waals surface area contributed by atoms with Gasteiger partial charge in [-0.3, -0.25) is 14.4 Å². The second-order valence-corrected chi connectivity index (χ2v) is 3.11. The molecule has 6 heteroatoms. The number of para-hydroxylation sites is 1. The number of benzene rings is 1. The first-order valence-corrected chi connectivity index (χ1v) is 4.98. The molecule has 92 valence electrons. The van der Waals surface area contributed by atoms with Gasteiger partial charge >= 0.3 is 0 Å². The number of amides is 2. The quantitative estimate of drug-likeness (QED) is 0.676. The summed E-state index contributed by atoms with van der Waals surface area (Å²) in [5, 5.41) is 2.38. The molecule has 0 atom stereocenters. The molecule has 0 aliphatic carbocycles. The molecule has 0 aliphatic heterocycles. The summed E-state index contributed by atoms with van der Waals surface area (Å²) in [6.45, 7) is -0.283. The molecule has 6 nitrogen and oxygen atoms in total. The molecule has 2 amide bonds. The van der Waals surface area contributed by atoms with Crippen LogP contribution in [0.25, 0.3) is 0 Å². The maximum absolute atomic E-state index is 11.3. The zero-order valence-electron chi connectivity index (χ0n) is 9.43. The van der Waals surface area contributed by atoms with Gasteiger partial charge in [0, 0.05) is 0 Å². The summed E-state index contributed by atoms with van der Waals surface area (Å²) in [4.78, 5) is 26.6. The Balaban J connectivity index is 2.20. The zero-order valence-corrected chi connectivity index (χ0v) is 9.43. The SMILES string of the molecule is CONC(=O)CNC(=O)COc1ccccc1. The monoisotopic (exact) mass is 238 g/mol. The largest absolute Gasteiger partial charge is 0.484 e. The first-order chi connectivity index (χ1) is 8.22. The summed E-state index contributed by atoms with van der Waals surface area (Å²) in [5.41, 5.74) is 2.08. The second kappa shape index (κ2) is 7.24. The Morgan fingerprint density at radius 2 is 1.88 bits per heavy atom. The third kappa shape index (κ3) is 5.53. The zero-order chi connectivity index (χ0) is 12.5. The van der Waals surface area contributed by atoms with Gasteiger partial charge < -0.3 is 10.1 Å². The predicted octanol–water partition coefficient (Wildman–Crippen LogP) is -0.141. The molecule has 0 aliphatic rings. The summed E-state index contributed by atoms with van der Waals surface area (Å²) >= 11 is 0. The van der Waals surface area contributed by atoms with Gasteiger partial charge in [0.25, 0.3) is 11.8 Å². The van der Waals surface area contributed by atoms with E-state index in [0.29, 0.717) is 5.75 Å². The minimum Gasteiger partial charge on any atom is -0.484 e. The van der Waals surface area contributed by atoms with Gasteiger partial charge in [-0.15, -0.1) is 0 Å². The Hall–Kier alpha value is -2.08. The fourth-order valence-electron chi connectivity index (χ4n) is 1.05. The smallest absolute Gasteiger partial charge is 0.262 e. The average Bonchev–Trinajstić information content (AvgIpc) is 2.35. The van der Waals surface area contributed by atoms with Crippen LogP contribution >= 0.6 is 0 Å². The maximum atomic E-state index is 11.3. The molecule has 1 aromatic carbocycles. The van der Waals surface area contributed by atoms with E-state index in [1.807, 2.05) is 6.07 Å². The molecule has 0 saturated carbocycles. The number of hydroxylamine groups is 1. The van der Waals surface area contributed by atoms with Crippen LogP contribution in [0, 0.1) is 0 Å². The molecule has 0 saturated heterocycles. The van der Waals surface area contributed by atoms with Crippen molar-refractivity contribution in [2.75, 3.05) is 20.3 Å². The number of ether oxygens (including phenoxy) is 1. The summed E-state index contributed by atoms with van der Waals surface area (Å²) < 4.78 is 5.19. The van der Waals surface area contributed by atoms with Crippen LogP contribution in [0.4, 0.5) is 0 Å². The van der Waals surface area contributed by atoms with Crippen molar-refractivity contribution in [3.8, 4) is 5.75 Å². The van der Waals surface area contributed by atoms with E-state index in [4.69, 9.17) is 4.74 Å². The lowest BCUT2D eigenvalue weighted by Crippen LogP contribution is -2.38. The van der Waals surface area contributed by atoms with Gasteiger partial charge in [-0.25, -0.2) is 5.48 Å². The van der Waals surface area contributed by atoms with E-state index >= 15 is 0 Å². The number of carbonyl (C=O) groups is 2. The minimum absolute atomic E-state index is 0.135. The number of hydrogen-bond donors (Lipinski definition) is 2. The van der Waals surface area contributed by atoms with Crippen molar-refractivity contribution in [1.82, 2.24) is 10.8 Å². The van der Waals surface area contributed by atoms with Crippen molar-refractivity contribution in [3.63, 3.8) is 0 Å². The lowest BCUT2D eigenvalue weighted by atomic mass is 10.3. The van der Waals surface area contributed by atoms with E-state index in [9.17, 15) is 9.59 Å². The Morgan fingerprint density at radius 1 is 1.18 bits per heavy atom. The van der Waals surface area contributed by atoms with Crippen molar-refractivity contribution in [2.24, 2.45) is 0 Å². The molecule has 0 spiro atoms. The molecule has 17 heavy (non-hydrogen) atoms. The molecule has 0 bridgehead atoms. The third-order valence-corrected chi connectivity index (χ3v) is 1.78. The van der Waals surface area contributed by atoms with E-state index in [0.717, 1.165) is 0 Å². The second-order valence-electron chi connectivity index (χ2n) is 3.11. The molecular formula is C11H14N2O4. The lowest BCUT2D eigenvalue weighted by Gasteiger charge is -2.06. The first-order valence-electron chi connectivity index (χ1n) is 4.98. The number of carbonyl (C=O) groups excluding carboxylic acids is 2. The lowest BCUT2D eigenvalue weighted by molar-refractivity contribution is -0.133. The van der Waals surface area contributed by atoms with Crippen LogP contribution in [0.1, 0.15) is 0 Å². The molecule has 0 unspecified atom stereocenters. The minimum atomic E-state index is -0.430. The summed E-state index contributed by atoms with van der Waals surface area (Å²) in [6, 6.07) is 8.94. The Kier molecular flexibility index (Phi) is 5.53. The maximum Gasteiger partial charge on any atom is 0.262 e. The Morgan fingerprint density at radius 3 is 2.53 bits per heavy atom. The Bertz CT molecular complexity index is 367. The van der Waals surface area contributed by atoms with E-state index in [2.05, 4.69) is 15.6 Å². The summed E-state index contributed by atoms with van der Waals surface area (Å²) in [7, 11) is 1.32. The molecule has 1 rings (SSSR count). The van der Waals surface area contributed by atoms with E-state index in [1.165, 1.54) is 7.11 Å². The van der Waals surface area contributed by atoms with Crippen molar-refractivity contribution in [2.45, 2.75) is 0 Å². The van der Waals surface area contributed by atoms with Gasteiger partial charge in [-0.1, -0.05) is 18.2 Å². The van der Waals surface area contributed by atoms with E-state index in [1.54, 1.807) is 24.3 Å². The van der Waals surface area contributed by atoms with E-state index < -0.39 is 5.91 Å². The van der Waals surface area contributed by atoms with Crippen molar-refractivity contribution >= 4 is 11.8 Å². The number of nitrogens with one attached hydrogen (secondary N) is 2. The molecule has 0 radical (unpaired) electrons. The first kappa shape index (κ1) is 13.0. The van der Waals surface area contributed by atoms with Gasteiger partial charge in [0.05, 0.1) is 13.7 Å². The number of rotatable bonds is 6. The van der Waals surface area contributed by atoms with Crippen molar-refractivity contribution < 1.29 is 19.2 Å². The van der Waals surface area contributed by atoms with Crippen LogP contribution in [-0.4, -0.2) is 32.1 Å². The van der Waals surface area contributed by atoms with E-state index in [-0.39, 0.29) is 19.1 Å². The molecule has 0 aromatic heterocycles.